The number of pyridine rings is 1. The van der Waals surface area contributed by atoms with Gasteiger partial charge < -0.3 is 9.30 Å². The molecule has 0 spiro atoms. The summed E-state index contributed by atoms with van der Waals surface area (Å²) >= 11 is 0. The zero-order valence-electron chi connectivity index (χ0n) is 28.4. The summed E-state index contributed by atoms with van der Waals surface area (Å²) in [6.07, 6.45) is 0. The number of rotatable bonds is 5. The summed E-state index contributed by atoms with van der Waals surface area (Å²) in [4.78, 5) is 5.02. The standard InChI is InChI=1S/C44H42N2O/c1-43(2,3)34-19-15-29(16-20-34)31-25-32(30-17-21-35(22-18-30)44(4,5)6)27-33(26-31)39-12-10-14-42(45-39)47-36-23-24-41-38(28-36)37-11-8-9-13-40(37)46(41)7/h8-28H,1-7H3. The average molecular weight is 615 g/mol. The van der Waals surface area contributed by atoms with E-state index in [9.17, 15) is 0 Å². The van der Waals surface area contributed by atoms with E-state index in [4.69, 9.17) is 9.72 Å². The SMILES string of the molecule is Cn1c2ccccc2c2cc(Oc3cccc(-c4cc(-c5ccc(C(C)(C)C)cc5)cc(-c5ccc(C(C)(C)C)cc5)c4)n3)ccc21. The van der Waals surface area contributed by atoms with Crippen LogP contribution < -0.4 is 4.74 Å². The fourth-order valence-corrected chi connectivity index (χ4v) is 6.40. The summed E-state index contributed by atoms with van der Waals surface area (Å²) in [5.41, 5.74) is 11.8. The molecular formula is C44H42N2O. The van der Waals surface area contributed by atoms with Gasteiger partial charge in [0.05, 0.1) is 5.69 Å². The minimum absolute atomic E-state index is 0.100. The van der Waals surface area contributed by atoms with Crippen LogP contribution in [0.1, 0.15) is 52.7 Å². The minimum atomic E-state index is 0.100. The highest BCUT2D eigenvalue weighted by Gasteiger charge is 2.16. The molecule has 2 aromatic heterocycles. The summed E-state index contributed by atoms with van der Waals surface area (Å²) in [5, 5.41) is 2.39. The molecule has 234 valence electrons. The summed E-state index contributed by atoms with van der Waals surface area (Å²) in [6.45, 7) is 13.5. The molecule has 3 nitrogen and oxygen atoms in total. The van der Waals surface area contributed by atoms with Crippen LogP contribution >= 0.6 is 0 Å². The van der Waals surface area contributed by atoms with Gasteiger partial charge in [0.2, 0.25) is 5.88 Å². The van der Waals surface area contributed by atoms with Gasteiger partial charge in [0, 0.05) is 40.5 Å². The molecule has 7 aromatic rings. The van der Waals surface area contributed by atoms with E-state index >= 15 is 0 Å². The molecule has 0 radical (unpaired) electrons. The normalized spacial score (nSPS) is 12.1. The van der Waals surface area contributed by atoms with Crippen molar-refractivity contribution in [3.63, 3.8) is 0 Å². The third-order valence-corrected chi connectivity index (χ3v) is 9.23. The van der Waals surface area contributed by atoms with Crippen LogP contribution in [0, 0.1) is 0 Å². The Balaban J connectivity index is 1.28. The van der Waals surface area contributed by atoms with Crippen molar-refractivity contribution in [3.05, 3.63) is 139 Å². The Bertz CT molecular complexity index is 2150. The van der Waals surface area contributed by atoms with E-state index in [2.05, 4.69) is 162 Å². The van der Waals surface area contributed by atoms with E-state index in [1.165, 1.54) is 44.1 Å². The van der Waals surface area contributed by atoms with Crippen LogP contribution in [0.3, 0.4) is 0 Å². The smallest absolute Gasteiger partial charge is 0.219 e. The van der Waals surface area contributed by atoms with E-state index in [0.717, 1.165) is 28.1 Å². The largest absolute Gasteiger partial charge is 0.439 e. The number of para-hydroxylation sites is 1. The average Bonchev–Trinajstić information content (AvgIpc) is 3.35. The molecule has 0 saturated heterocycles. The van der Waals surface area contributed by atoms with Gasteiger partial charge >= 0.3 is 0 Å². The first-order valence-electron chi connectivity index (χ1n) is 16.4. The molecule has 0 amide bonds. The van der Waals surface area contributed by atoms with E-state index in [1.807, 2.05) is 18.2 Å². The first-order valence-corrected chi connectivity index (χ1v) is 16.4. The molecule has 0 atom stereocenters. The molecular weight excluding hydrogens is 572 g/mol. The van der Waals surface area contributed by atoms with E-state index in [-0.39, 0.29) is 10.8 Å². The number of aryl methyl sites for hydroxylation is 1. The third kappa shape index (κ3) is 6.06. The molecule has 0 unspecified atom stereocenters. The maximum absolute atomic E-state index is 6.41. The van der Waals surface area contributed by atoms with E-state index in [0.29, 0.717) is 5.88 Å². The van der Waals surface area contributed by atoms with Crippen molar-refractivity contribution in [2.45, 2.75) is 52.4 Å². The first-order chi connectivity index (χ1) is 22.4. The van der Waals surface area contributed by atoms with Crippen LogP contribution in [0.4, 0.5) is 0 Å². The number of fused-ring (bicyclic) bond motifs is 3. The first kappa shape index (κ1) is 30.5. The summed E-state index contributed by atoms with van der Waals surface area (Å²) in [7, 11) is 2.11. The fraction of sp³-hybridized carbons (Fsp3) is 0.205. The molecule has 0 bridgehead atoms. The van der Waals surface area contributed by atoms with Crippen molar-refractivity contribution in [3.8, 4) is 45.1 Å². The van der Waals surface area contributed by atoms with Gasteiger partial charge in [-0.1, -0.05) is 114 Å². The fourth-order valence-electron chi connectivity index (χ4n) is 6.40. The molecule has 5 aromatic carbocycles. The van der Waals surface area contributed by atoms with Crippen LogP contribution in [0.2, 0.25) is 0 Å². The predicted octanol–water partition coefficient (Wildman–Crippen LogP) is 12.1. The van der Waals surface area contributed by atoms with Gasteiger partial charge in [0.15, 0.2) is 0 Å². The van der Waals surface area contributed by atoms with Crippen LogP contribution in [-0.2, 0) is 17.9 Å². The topological polar surface area (TPSA) is 27.1 Å². The molecule has 0 fully saturated rings. The van der Waals surface area contributed by atoms with Gasteiger partial charge in [-0.25, -0.2) is 4.98 Å². The molecule has 3 heteroatoms. The van der Waals surface area contributed by atoms with Crippen LogP contribution in [0.25, 0.3) is 55.3 Å². The van der Waals surface area contributed by atoms with Crippen LogP contribution in [-0.4, -0.2) is 9.55 Å². The Morgan fingerprint density at radius 1 is 0.489 bits per heavy atom. The Labute approximate surface area is 278 Å². The number of hydrogen-bond donors (Lipinski definition) is 0. The zero-order valence-corrected chi connectivity index (χ0v) is 28.4. The lowest BCUT2D eigenvalue weighted by Gasteiger charge is -2.20. The molecule has 47 heavy (non-hydrogen) atoms. The molecule has 7 rings (SSSR count). The Morgan fingerprint density at radius 2 is 1.04 bits per heavy atom. The van der Waals surface area contributed by atoms with Crippen LogP contribution in [0.5, 0.6) is 11.6 Å². The lowest BCUT2D eigenvalue weighted by Crippen LogP contribution is -2.10. The van der Waals surface area contributed by atoms with Gasteiger partial charge in [-0.05, 0) is 92.7 Å². The molecule has 0 saturated carbocycles. The Kier molecular flexibility index (Phi) is 7.51. The van der Waals surface area contributed by atoms with Crippen LogP contribution in [0.15, 0.2) is 127 Å². The number of aromatic nitrogens is 2. The Morgan fingerprint density at radius 3 is 1.64 bits per heavy atom. The van der Waals surface area contributed by atoms with Gasteiger partial charge in [0.1, 0.15) is 5.75 Å². The molecule has 0 aliphatic carbocycles. The number of hydrogen-bond acceptors (Lipinski definition) is 2. The van der Waals surface area contributed by atoms with Crippen molar-refractivity contribution in [2.24, 2.45) is 7.05 Å². The van der Waals surface area contributed by atoms with Crippen molar-refractivity contribution in [1.29, 1.82) is 0 Å². The number of nitrogens with zero attached hydrogens (tertiary/aromatic N) is 2. The molecule has 0 aliphatic heterocycles. The second-order valence-corrected chi connectivity index (χ2v) is 14.7. The second kappa shape index (κ2) is 11.6. The lowest BCUT2D eigenvalue weighted by atomic mass is 9.85. The number of ether oxygens (including phenoxy) is 1. The number of benzene rings is 5. The highest BCUT2D eigenvalue weighted by atomic mass is 16.5. The lowest BCUT2D eigenvalue weighted by molar-refractivity contribution is 0.464. The minimum Gasteiger partial charge on any atom is -0.439 e. The summed E-state index contributed by atoms with van der Waals surface area (Å²) in [5.74, 6) is 1.34. The summed E-state index contributed by atoms with van der Waals surface area (Å²) < 4.78 is 8.63. The van der Waals surface area contributed by atoms with Crippen molar-refractivity contribution in [2.75, 3.05) is 0 Å². The van der Waals surface area contributed by atoms with Crippen molar-refractivity contribution >= 4 is 21.8 Å². The highest BCUT2D eigenvalue weighted by molar-refractivity contribution is 6.08. The maximum atomic E-state index is 6.41. The monoisotopic (exact) mass is 614 g/mol. The summed E-state index contributed by atoms with van der Waals surface area (Å²) in [6, 6.07) is 45.5. The predicted molar refractivity (Wildman–Crippen MR) is 198 cm³/mol. The maximum Gasteiger partial charge on any atom is 0.219 e. The van der Waals surface area contributed by atoms with Gasteiger partial charge in [-0.3, -0.25) is 0 Å². The second-order valence-electron chi connectivity index (χ2n) is 14.7. The highest BCUT2D eigenvalue weighted by Crippen LogP contribution is 2.36. The van der Waals surface area contributed by atoms with E-state index < -0.39 is 0 Å². The zero-order chi connectivity index (χ0) is 32.9. The molecule has 0 aliphatic rings. The molecule has 0 N–H and O–H groups in total. The van der Waals surface area contributed by atoms with Gasteiger partial charge in [-0.2, -0.15) is 0 Å². The van der Waals surface area contributed by atoms with E-state index in [1.54, 1.807) is 0 Å². The third-order valence-electron chi connectivity index (χ3n) is 9.23. The quantitative estimate of drug-likeness (QED) is 0.193. The van der Waals surface area contributed by atoms with Gasteiger partial charge in [-0.15, -0.1) is 0 Å². The van der Waals surface area contributed by atoms with Gasteiger partial charge in [0.25, 0.3) is 0 Å². The molecule has 2 heterocycles. The Hall–Kier alpha value is -5.15. The van der Waals surface area contributed by atoms with Crippen molar-refractivity contribution in [1.82, 2.24) is 9.55 Å². The van der Waals surface area contributed by atoms with Crippen molar-refractivity contribution < 1.29 is 4.74 Å².